The van der Waals surface area contributed by atoms with Gasteiger partial charge in [0.05, 0.1) is 12.2 Å². The number of pyridine rings is 1. The molecule has 0 N–H and O–H groups in total. The minimum absolute atomic E-state index is 0.0532. The van der Waals surface area contributed by atoms with Crippen molar-refractivity contribution in [1.82, 2.24) is 29.1 Å². The van der Waals surface area contributed by atoms with E-state index in [4.69, 9.17) is 0 Å². The molecule has 9 heteroatoms. The molecule has 1 aromatic carbocycles. The Morgan fingerprint density at radius 2 is 1.87 bits per heavy atom. The summed E-state index contributed by atoms with van der Waals surface area (Å²) < 4.78 is 3.73. The summed E-state index contributed by atoms with van der Waals surface area (Å²) in [4.78, 5) is 21.9. The highest BCUT2D eigenvalue weighted by atomic mass is 32.2. The maximum Gasteiger partial charge on any atom is 0.258 e. The first-order chi connectivity index (χ1) is 15.2. The van der Waals surface area contributed by atoms with E-state index in [1.807, 2.05) is 42.6 Å². The first-order valence-electron chi connectivity index (χ1n) is 9.66. The Kier molecular flexibility index (Phi) is 5.35. The fourth-order valence-electron chi connectivity index (χ4n) is 3.33. The zero-order valence-electron chi connectivity index (χ0n) is 16.7. The number of hydrogen-bond donors (Lipinski definition) is 0. The summed E-state index contributed by atoms with van der Waals surface area (Å²) in [6, 6.07) is 15.7. The van der Waals surface area contributed by atoms with Crippen LogP contribution < -0.4 is 5.56 Å². The molecule has 0 spiro atoms. The van der Waals surface area contributed by atoms with Gasteiger partial charge in [0.1, 0.15) is 0 Å². The summed E-state index contributed by atoms with van der Waals surface area (Å²) in [7, 11) is 0. The largest absolute Gasteiger partial charge is 0.298 e. The third-order valence-electron chi connectivity index (χ3n) is 4.82. The molecule has 0 saturated heterocycles. The molecule has 0 unspecified atom stereocenters. The predicted octanol–water partition coefficient (Wildman–Crippen LogP) is 4.06. The SMILES string of the molecule is Cc1csc2nc(CSc3nnc(-c4ccncc4)n3Cc3ccccc3)cc(=O)n12. The summed E-state index contributed by atoms with van der Waals surface area (Å²) in [6.45, 7) is 2.56. The van der Waals surface area contributed by atoms with Crippen molar-refractivity contribution < 1.29 is 0 Å². The van der Waals surface area contributed by atoms with Crippen molar-refractivity contribution in [3.8, 4) is 11.4 Å². The normalized spacial score (nSPS) is 11.3. The third kappa shape index (κ3) is 4.01. The van der Waals surface area contributed by atoms with Gasteiger partial charge in [0, 0.05) is 40.9 Å². The third-order valence-corrected chi connectivity index (χ3v) is 6.76. The molecule has 5 rings (SSSR count). The van der Waals surface area contributed by atoms with Crippen molar-refractivity contribution in [3.05, 3.63) is 93.6 Å². The second-order valence-corrected chi connectivity index (χ2v) is 8.76. The van der Waals surface area contributed by atoms with Crippen molar-refractivity contribution in [2.45, 2.75) is 24.4 Å². The number of thioether (sulfide) groups is 1. The Hall–Kier alpha value is -3.30. The van der Waals surface area contributed by atoms with Crippen LogP contribution >= 0.6 is 23.1 Å². The molecule has 0 radical (unpaired) electrons. The van der Waals surface area contributed by atoms with Crippen LogP contribution in [0.15, 0.2) is 76.3 Å². The molecule has 7 nitrogen and oxygen atoms in total. The Balaban J connectivity index is 1.47. The van der Waals surface area contributed by atoms with E-state index in [2.05, 4.69) is 36.9 Å². The van der Waals surface area contributed by atoms with Crippen molar-refractivity contribution in [3.63, 3.8) is 0 Å². The monoisotopic (exact) mass is 446 g/mol. The van der Waals surface area contributed by atoms with Gasteiger partial charge in [-0.25, -0.2) is 4.98 Å². The lowest BCUT2D eigenvalue weighted by Gasteiger charge is -2.10. The average molecular weight is 447 g/mol. The zero-order chi connectivity index (χ0) is 21.2. The van der Waals surface area contributed by atoms with E-state index in [0.29, 0.717) is 17.3 Å². The first kappa shape index (κ1) is 19.7. The van der Waals surface area contributed by atoms with Crippen molar-refractivity contribution in [2.24, 2.45) is 0 Å². The number of fused-ring (bicyclic) bond motifs is 1. The lowest BCUT2D eigenvalue weighted by Crippen LogP contribution is -2.14. The molecular formula is C22H18N6OS2. The van der Waals surface area contributed by atoms with Gasteiger partial charge in [0.2, 0.25) is 0 Å². The molecule has 4 heterocycles. The number of aromatic nitrogens is 6. The van der Waals surface area contributed by atoms with Gasteiger partial charge < -0.3 is 0 Å². The minimum atomic E-state index is -0.0532. The smallest absolute Gasteiger partial charge is 0.258 e. The summed E-state index contributed by atoms with van der Waals surface area (Å²) in [5.41, 5.74) is 3.70. The molecule has 0 atom stereocenters. The maximum absolute atomic E-state index is 12.5. The number of thiazole rings is 1. The molecule has 0 bridgehead atoms. The predicted molar refractivity (Wildman–Crippen MR) is 122 cm³/mol. The minimum Gasteiger partial charge on any atom is -0.298 e. The van der Waals surface area contributed by atoms with Gasteiger partial charge >= 0.3 is 0 Å². The van der Waals surface area contributed by atoms with E-state index in [0.717, 1.165) is 33.5 Å². The topological polar surface area (TPSA) is 78.0 Å². The van der Waals surface area contributed by atoms with Crippen LogP contribution in [0.1, 0.15) is 17.0 Å². The van der Waals surface area contributed by atoms with Gasteiger partial charge in [-0.05, 0) is 24.6 Å². The van der Waals surface area contributed by atoms with E-state index in [-0.39, 0.29) is 5.56 Å². The Bertz CT molecular complexity index is 1390. The maximum atomic E-state index is 12.5. The van der Waals surface area contributed by atoms with E-state index < -0.39 is 0 Å². The summed E-state index contributed by atoms with van der Waals surface area (Å²) in [5.74, 6) is 1.32. The standard InChI is InChI=1S/C22H18N6OS2/c1-15-13-30-21-24-18(11-19(29)28(15)21)14-31-22-26-25-20(17-7-9-23-10-8-17)27(22)12-16-5-3-2-4-6-16/h2-11,13H,12,14H2,1H3. The molecule has 4 aromatic heterocycles. The van der Waals surface area contributed by atoms with Crippen LogP contribution in [0.3, 0.4) is 0 Å². The van der Waals surface area contributed by atoms with Gasteiger partial charge in [-0.3, -0.25) is 18.7 Å². The Morgan fingerprint density at radius 3 is 2.68 bits per heavy atom. The number of aryl methyl sites for hydroxylation is 1. The van der Waals surface area contributed by atoms with Gasteiger partial charge in [0.25, 0.3) is 5.56 Å². The van der Waals surface area contributed by atoms with E-state index in [1.54, 1.807) is 22.9 Å². The Labute approximate surface area is 186 Å². The molecule has 0 amide bonds. The first-order valence-corrected chi connectivity index (χ1v) is 11.5. The van der Waals surface area contributed by atoms with Crippen LogP contribution in [-0.4, -0.2) is 29.1 Å². The second kappa shape index (κ2) is 8.44. The molecule has 0 saturated carbocycles. The summed E-state index contributed by atoms with van der Waals surface area (Å²) >= 11 is 3.00. The van der Waals surface area contributed by atoms with Crippen LogP contribution in [0.5, 0.6) is 0 Å². The fourth-order valence-corrected chi connectivity index (χ4v) is 5.05. The highest BCUT2D eigenvalue weighted by Gasteiger charge is 2.16. The molecule has 0 aliphatic rings. The average Bonchev–Trinajstić information content (AvgIpc) is 3.37. The van der Waals surface area contributed by atoms with E-state index in [9.17, 15) is 4.79 Å². The molecule has 154 valence electrons. The fraction of sp³-hybridized carbons (Fsp3) is 0.136. The van der Waals surface area contributed by atoms with Crippen molar-refractivity contribution in [2.75, 3.05) is 0 Å². The van der Waals surface area contributed by atoms with Gasteiger partial charge in [-0.1, -0.05) is 42.1 Å². The highest BCUT2D eigenvalue weighted by molar-refractivity contribution is 7.98. The van der Waals surface area contributed by atoms with Crippen molar-refractivity contribution >= 4 is 28.1 Å². The highest BCUT2D eigenvalue weighted by Crippen LogP contribution is 2.27. The van der Waals surface area contributed by atoms with Gasteiger partial charge in [-0.15, -0.1) is 21.5 Å². The molecule has 0 fully saturated rings. The molecule has 0 aliphatic carbocycles. The molecule has 31 heavy (non-hydrogen) atoms. The van der Waals surface area contributed by atoms with Crippen LogP contribution in [0.2, 0.25) is 0 Å². The second-order valence-electron chi connectivity index (χ2n) is 6.98. The number of nitrogens with zero attached hydrogens (tertiary/aromatic N) is 6. The summed E-state index contributed by atoms with van der Waals surface area (Å²) in [5, 5.41) is 11.6. The van der Waals surface area contributed by atoms with Gasteiger partial charge in [0.15, 0.2) is 15.9 Å². The van der Waals surface area contributed by atoms with Crippen molar-refractivity contribution in [1.29, 1.82) is 0 Å². The lowest BCUT2D eigenvalue weighted by atomic mass is 10.2. The van der Waals surface area contributed by atoms with Crippen LogP contribution in [0.4, 0.5) is 0 Å². The zero-order valence-corrected chi connectivity index (χ0v) is 18.3. The molecule has 5 aromatic rings. The van der Waals surface area contributed by atoms with Gasteiger partial charge in [-0.2, -0.15) is 0 Å². The lowest BCUT2D eigenvalue weighted by molar-refractivity contribution is 0.714. The molecular weight excluding hydrogens is 428 g/mol. The summed E-state index contributed by atoms with van der Waals surface area (Å²) in [6.07, 6.45) is 3.50. The van der Waals surface area contributed by atoms with E-state index in [1.165, 1.54) is 23.1 Å². The number of benzene rings is 1. The van der Waals surface area contributed by atoms with Crippen LogP contribution in [0, 0.1) is 6.92 Å². The van der Waals surface area contributed by atoms with Crippen LogP contribution in [0.25, 0.3) is 16.3 Å². The number of hydrogen-bond acceptors (Lipinski definition) is 7. The quantitative estimate of drug-likeness (QED) is 0.366. The Morgan fingerprint density at radius 1 is 1.06 bits per heavy atom. The molecule has 0 aliphatic heterocycles. The van der Waals surface area contributed by atoms with Crippen LogP contribution in [-0.2, 0) is 12.3 Å². The number of rotatable bonds is 6. The van der Waals surface area contributed by atoms with E-state index >= 15 is 0 Å².